The zero-order valence-corrected chi connectivity index (χ0v) is 14.5. The fourth-order valence-corrected chi connectivity index (χ4v) is 2.87. The van der Waals surface area contributed by atoms with Gasteiger partial charge in [-0.3, -0.25) is 14.5 Å². The summed E-state index contributed by atoms with van der Waals surface area (Å²) in [5, 5.41) is 2.89. The minimum absolute atomic E-state index is 0.00221. The number of hydrogen-bond donors (Lipinski definition) is 1. The zero-order valence-electron chi connectivity index (χ0n) is 14.5. The Morgan fingerprint density at radius 2 is 1.96 bits per heavy atom. The minimum atomic E-state index is -0.590. The van der Waals surface area contributed by atoms with E-state index in [0.717, 1.165) is 12.0 Å². The molecule has 1 atom stereocenters. The summed E-state index contributed by atoms with van der Waals surface area (Å²) in [6, 6.07) is 15.6. The number of rotatable bonds is 5. The molecule has 1 aliphatic heterocycles. The molecule has 2 aromatic carbocycles. The lowest BCUT2D eigenvalue weighted by molar-refractivity contribution is -0.128. The maximum Gasteiger partial charge on any atom is 0.268 e. The Morgan fingerprint density at radius 1 is 1.20 bits per heavy atom. The van der Waals surface area contributed by atoms with Gasteiger partial charge in [-0.05, 0) is 43.5 Å². The summed E-state index contributed by atoms with van der Waals surface area (Å²) in [5.74, 6) is 0.261. The van der Waals surface area contributed by atoms with Gasteiger partial charge in [0.15, 0.2) is 6.10 Å². The van der Waals surface area contributed by atoms with E-state index in [2.05, 4.69) is 5.32 Å². The number of ether oxygens (including phenoxy) is 1. The van der Waals surface area contributed by atoms with Crippen LogP contribution < -0.4 is 15.0 Å². The molecule has 2 aromatic rings. The standard InChI is InChI=1S/C20H22N2O3/c1-14-8-9-18-17(12-14)22(20(24)15(2)25-18)13-19(23)21-11-10-16-6-4-3-5-7-16/h3-9,12,15H,10-11,13H2,1-2H3,(H,21,23). The van der Waals surface area contributed by atoms with Crippen LogP contribution in [0.15, 0.2) is 48.5 Å². The molecule has 1 heterocycles. The summed E-state index contributed by atoms with van der Waals surface area (Å²) in [7, 11) is 0. The number of benzene rings is 2. The second-order valence-electron chi connectivity index (χ2n) is 6.24. The molecule has 1 aliphatic rings. The van der Waals surface area contributed by atoms with Gasteiger partial charge in [0.1, 0.15) is 12.3 Å². The molecule has 0 aromatic heterocycles. The van der Waals surface area contributed by atoms with Crippen LogP contribution >= 0.6 is 0 Å². The van der Waals surface area contributed by atoms with E-state index in [9.17, 15) is 9.59 Å². The second-order valence-corrected chi connectivity index (χ2v) is 6.24. The van der Waals surface area contributed by atoms with E-state index < -0.39 is 6.10 Å². The summed E-state index contributed by atoms with van der Waals surface area (Å²) in [6.45, 7) is 4.18. The Bertz CT molecular complexity index is 774. The fraction of sp³-hybridized carbons (Fsp3) is 0.300. The Morgan fingerprint density at radius 3 is 2.72 bits per heavy atom. The first-order chi connectivity index (χ1) is 12.0. The normalized spacial score (nSPS) is 16.2. The van der Waals surface area contributed by atoms with Crippen molar-refractivity contribution < 1.29 is 14.3 Å². The molecule has 1 N–H and O–H groups in total. The highest BCUT2D eigenvalue weighted by atomic mass is 16.5. The van der Waals surface area contributed by atoms with Gasteiger partial charge in [0.05, 0.1) is 5.69 Å². The third-order valence-electron chi connectivity index (χ3n) is 4.20. The van der Waals surface area contributed by atoms with Crippen molar-refractivity contribution in [1.82, 2.24) is 5.32 Å². The lowest BCUT2D eigenvalue weighted by Gasteiger charge is -2.32. The van der Waals surface area contributed by atoms with E-state index in [-0.39, 0.29) is 18.4 Å². The highest BCUT2D eigenvalue weighted by Gasteiger charge is 2.32. The molecule has 5 heteroatoms. The monoisotopic (exact) mass is 338 g/mol. The summed E-state index contributed by atoms with van der Waals surface area (Å²) < 4.78 is 5.63. The first-order valence-electron chi connectivity index (χ1n) is 8.44. The van der Waals surface area contributed by atoms with Gasteiger partial charge in [-0.15, -0.1) is 0 Å². The van der Waals surface area contributed by atoms with Crippen LogP contribution in [0, 0.1) is 6.92 Å². The van der Waals surface area contributed by atoms with Crippen LogP contribution in [-0.2, 0) is 16.0 Å². The highest BCUT2D eigenvalue weighted by molar-refractivity contribution is 6.03. The summed E-state index contributed by atoms with van der Waals surface area (Å²) >= 11 is 0. The number of aryl methyl sites for hydroxylation is 1. The molecule has 0 spiro atoms. The highest BCUT2D eigenvalue weighted by Crippen LogP contribution is 2.34. The molecule has 5 nitrogen and oxygen atoms in total. The maximum absolute atomic E-state index is 12.5. The molecule has 0 fully saturated rings. The average molecular weight is 338 g/mol. The van der Waals surface area contributed by atoms with E-state index in [1.54, 1.807) is 6.92 Å². The van der Waals surface area contributed by atoms with E-state index in [1.807, 2.05) is 55.5 Å². The van der Waals surface area contributed by atoms with E-state index in [1.165, 1.54) is 10.5 Å². The first-order valence-corrected chi connectivity index (χ1v) is 8.44. The van der Waals surface area contributed by atoms with E-state index in [0.29, 0.717) is 18.0 Å². The number of hydrogen-bond acceptors (Lipinski definition) is 3. The number of carbonyl (C=O) groups is 2. The fourth-order valence-electron chi connectivity index (χ4n) is 2.87. The Hall–Kier alpha value is -2.82. The lowest BCUT2D eigenvalue weighted by atomic mass is 10.1. The van der Waals surface area contributed by atoms with Crippen LogP contribution in [0.1, 0.15) is 18.1 Å². The number of anilines is 1. The van der Waals surface area contributed by atoms with Crippen LogP contribution in [-0.4, -0.2) is 31.0 Å². The predicted molar refractivity (Wildman–Crippen MR) is 96.8 cm³/mol. The third kappa shape index (κ3) is 3.99. The van der Waals surface area contributed by atoms with Crippen LogP contribution in [0.3, 0.4) is 0 Å². The lowest BCUT2D eigenvalue weighted by Crippen LogP contribution is -2.49. The quantitative estimate of drug-likeness (QED) is 0.911. The Balaban J connectivity index is 1.64. The van der Waals surface area contributed by atoms with E-state index >= 15 is 0 Å². The molecule has 1 unspecified atom stereocenters. The Labute approximate surface area is 147 Å². The van der Waals surface area contributed by atoms with Crippen LogP contribution in [0.5, 0.6) is 5.75 Å². The van der Waals surface area contributed by atoms with Crippen LogP contribution in [0.25, 0.3) is 0 Å². The molecule has 25 heavy (non-hydrogen) atoms. The number of carbonyl (C=O) groups excluding carboxylic acids is 2. The number of amides is 2. The molecular formula is C20H22N2O3. The van der Waals surface area contributed by atoms with Crippen molar-refractivity contribution in [2.75, 3.05) is 18.0 Å². The van der Waals surface area contributed by atoms with Gasteiger partial charge < -0.3 is 10.1 Å². The first kappa shape index (κ1) is 17.0. The SMILES string of the molecule is Cc1ccc2c(c1)N(CC(=O)NCCc1ccccc1)C(=O)C(C)O2. The van der Waals surface area contributed by atoms with E-state index in [4.69, 9.17) is 4.74 Å². The molecule has 3 rings (SSSR count). The maximum atomic E-state index is 12.5. The molecule has 0 bridgehead atoms. The predicted octanol–water partition coefficient (Wildman–Crippen LogP) is 2.47. The zero-order chi connectivity index (χ0) is 17.8. The average Bonchev–Trinajstić information content (AvgIpc) is 2.60. The van der Waals surface area contributed by atoms with Crippen molar-refractivity contribution in [3.63, 3.8) is 0 Å². The third-order valence-corrected chi connectivity index (χ3v) is 4.20. The summed E-state index contributed by atoms with van der Waals surface area (Å²) in [4.78, 5) is 26.3. The number of nitrogens with one attached hydrogen (secondary N) is 1. The van der Waals surface area contributed by atoms with Gasteiger partial charge in [0.2, 0.25) is 5.91 Å². The number of fused-ring (bicyclic) bond motifs is 1. The largest absolute Gasteiger partial charge is 0.479 e. The second kappa shape index (κ2) is 7.38. The summed E-state index contributed by atoms with van der Waals surface area (Å²) in [5.41, 5.74) is 2.83. The van der Waals surface area contributed by atoms with Crippen molar-refractivity contribution in [3.05, 3.63) is 59.7 Å². The van der Waals surface area contributed by atoms with Gasteiger partial charge >= 0.3 is 0 Å². The Kier molecular flexibility index (Phi) is 5.03. The molecule has 0 radical (unpaired) electrons. The van der Waals surface area contributed by atoms with Crippen LogP contribution in [0.4, 0.5) is 5.69 Å². The van der Waals surface area contributed by atoms with Crippen molar-refractivity contribution in [2.45, 2.75) is 26.4 Å². The van der Waals surface area contributed by atoms with Gasteiger partial charge in [-0.25, -0.2) is 0 Å². The van der Waals surface area contributed by atoms with Crippen molar-refractivity contribution >= 4 is 17.5 Å². The molecule has 0 saturated heterocycles. The van der Waals surface area contributed by atoms with Crippen LogP contribution in [0.2, 0.25) is 0 Å². The molecule has 130 valence electrons. The van der Waals surface area contributed by atoms with Gasteiger partial charge in [0, 0.05) is 6.54 Å². The molecule has 0 aliphatic carbocycles. The van der Waals surface area contributed by atoms with Gasteiger partial charge in [0.25, 0.3) is 5.91 Å². The number of nitrogens with zero attached hydrogens (tertiary/aromatic N) is 1. The van der Waals surface area contributed by atoms with Gasteiger partial charge in [-0.1, -0.05) is 36.4 Å². The van der Waals surface area contributed by atoms with Crippen molar-refractivity contribution in [2.24, 2.45) is 0 Å². The van der Waals surface area contributed by atoms with Gasteiger partial charge in [-0.2, -0.15) is 0 Å². The summed E-state index contributed by atoms with van der Waals surface area (Å²) in [6.07, 6.45) is 0.169. The molecular weight excluding hydrogens is 316 g/mol. The van der Waals surface area contributed by atoms with Crippen molar-refractivity contribution in [1.29, 1.82) is 0 Å². The smallest absolute Gasteiger partial charge is 0.268 e. The molecule has 2 amide bonds. The minimum Gasteiger partial charge on any atom is -0.479 e. The van der Waals surface area contributed by atoms with Crippen molar-refractivity contribution in [3.8, 4) is 5.75 Å². The topological polar surface area (TPSA) is 58.6 Å². The molecule has 0 saturated carbocycles.